The number of nitrogens with one attached hydrogen (secondary N) is 1. The van der Waals surface area contributed by atoms with Gasteiger partial charge in [0, 0.05) is 11.6 Å². The molecule has 1 aromatic heterocycles. The van der Waals surface area contributed by atoms with Crippen molar-refractivity contribution in [2.75, 3.05) is 6.54 Å². The molecule has 1 fully saturated rings. The number of carbonyl (C=O) groups excluding carboxylic acids is 1. The molecule has 1 N–H and O–H groups in total. The number of benzene rings is 1. The lowest BCUT2D eigenvalue weighted by Gasteiger charge is -2.10. The second-order valence-corrected chi connectivity index (χ2v) is 5.99. The van der Waals surface area contributed by atoms with Crippen LogP contribution in [0.4, 0.5) is 0 Å². The van der Waals surface area contributed by atoms with Crippen LogP contribution in [0.3, 0.4) is 0 Å². The van der Waals surface area contributed by atoms with E-state index in [1.807, 2.05) is 10.6 Å². The molecular weight excluding hydrogens is 260 g/mol. The Balaban J connectivity index is 1.92. The van der Waals surface area contributed by atoms with E-state index < -0.39 is 0 Å². The lowest BCUT2D eigenvalue weighted by molar-refractivity contribution is 0.0875. The van der Waals surface area contributed by atoms with E-state index in [4.69, 9.17) is 0 Å². The van der Waals surface area contributed by atoms with E-state index in [1.165, 1.54) is 30.2 Å². The van der Waals surface area contributed by atoms with Gasteiger partial charge in [-0.25, -0.2) is 0 Å². The molecule has 2 heterocycles. The molecule has 0 radical (unpaired) electrons. The van der Waals surface area contributed by atoms with Crippen LogP contribution in [0.2, 0.25) is 0 Å². The highest BCUT2D eigenvalue weighted by atomic mass is 16.2. The number of hydrogen-bond acceptors (Lipinski definition) is 2. The maximum atomic E-state index is 12.7. The number of aromatic nitrogens is 1. The highest BCUT2D eigenvalue weighted by Gasteiger charge is 2.25. The molecule has 112 valence electrons. The van der Waals surface area contributed by atoms with Gasteiger partial charge in [-0.15, -0.1) is 0 Å². The Kier molecular flexibility index (Phi) is 4.39. The molecule has 1 aliphatic heterocycles. The Bertz CT molecular complexity index is 623. The van der Waals surface area contributed by atoms with Gasteiger partial charge in [0.2, 0.25) is 5.91 Å². The van der Waals surface area contributed by atoms with Crippen molar-refractivity contribution in [2.45, 2.75) is 51.5 Å². The van der Waals surface area contributed by atoms with Crippen LogP contribution in [-0.4, -0.2) is 23.1 Å². The molecule has 0 amide bonds. The van der Waals surface area contributed by atoms with E-state index in [9.17, 15) is 4.79 Å². The molecule has 0 aliphatic carbocycles. The van der Waals surface area contributed by atoms with Crippen LogP contribution < -0.4 is 5.32 Å². The maximum Gasteiger partial charge on any atom is 0.248 e. The monoisotopic (exact) mass is 284 g/mol. The molecule has 0 saturated carbocycles. The van der Waals surface area contributed by atoms with Gasteiger partial charge in [0.1, 0.15) is 0 Å². The molecule has 3 nitrogen and oxygen atoms in total. The van der Waals surface area contributed by atoms with Crippen LogP contribution in [0.5, 0.6) is 0 Å². The standard InChI is InChI=1S/C18H24N2O/c1-2-3-4-8-14-13-20(17-11-6-5-9-15(14)17)18(21)16-10-7-12-19-16/h5-6,9,11,13,16,19H,2-4,7-8,10,12H2,1H3/t16-/m1/s1. The topological polar surface area (TPSA) is 34.0 Å². The van der Waals surface area contributed by atoms with Crippen molar-refractivity contribution in [1.29, 1.82) is 0 Å². The summed E-state index contributed by atoms with van der Waals surface area (Å²) in [7, 11) is 0. The molecule has 1 atom stereocenters. The first kappa shape index (κ1) is 14.3. The molecule has 0 bridgehead atoms. The van der Waals surface area contributed by atoms with Gasteiger partial charge in [-0.2, -0.15) is 0 Å². The molecular formula is C18H24N2O. The number of carbonyl (C=O) groups is 1. The fourth-order valence-electron chi connectivity index (χ4n) is 3.26. The van der Waals surface area contributed by atoms with Gasteiger partial charge in [0.15, 0.2) is 0 Å². The summed E-state index contributed by atoms with van der Waals surface area (Å²) >= 11 is 0. The average molecular weight is 284 g/mol. The predicted molar refractivity (Wildman–Crippen MR) is 86.8 cm³/mol. The Labute approximate surface area is 126 Å². The largest absolute Gasteiger partial charge is 0.306 e. The molecule has 21 heavy (non-hydrogen) atoms. The zero-order chi connectivity index (χ0) is 14.7. The van der Waals surface area contributed by atoms with Crippen molar-refractivity contribution >= 4 is 16.8 Å². The number of para-hydroxylation sites is 1. The summed E-state index contributed by atoms with van der Waals surface area (Å²) in [6.07, 6.45) is 8.85. The summed E-state index contributed by atoms with van der Waals surface area (Å²) in [5.74, 6) is 0.199. The van der Waals surface area contributed by atoms with Crippen molar-refractivity contribution in [3.05, 3.63) is 36.0 Å². The second kappa shape index (κ2) is 6.44. The van der Waals surface area contributed by atoms with Crippen molar-refractivity contribution < 1.29 is 4.79 Å². The third-order valence-corrected chi connectivity index (χ3v) is 4.44. The van der Waals surface area contributed by atoms with Crippen molar-refractivity contribution in [3.63, 3.8) is 0 Å². The smallest absolute Gasteiger partial charge is 0.248 e. The first-order valence-corrected chi connectivity index (χ1v) is 8.18. The number of nitrogens with zero attached hydrogens (tertiary/aromatic N) is 1. The minimum atomic E-state index is -0.00991. The maximum absolute atomic E-state index is 12.7. The van der Waals surface area contributed by atoms with E-state index in [0.717, 1.165) is 31.3 Å². The fourth-order valence-corrected chi connectivity index (χ4v) is 3.26. The number of rotatable bonds is 5. The second-order valence-electron chi connectivity index (χ2n) is 5.99. The van der Waals surface area contributed by atoms with Crippen molar-refractivity contribution in [1.82, 2.24) is 9.88 Å². The third kappa shape index (κ3) is 2.88. The van der Waals surface area contributed by atoms with E-state index in [2.05, 4.69) is 36.6 Å². The van der Waals surface area contributed by atoms with Gasteiger partial charge in [0.05, 0.1) is 11.6 Å². The van der Waals surface area contributed by atoms with Crippen LogP contribution in [0, 0.1) is 0 Å². The van der Waals surface area contributed by atoms with Gasteiger partial charge < -0.3 is 5.32 Å². The Hall–Kier alpha value is -1.61. The molecule has 0 spiro atoms. The summed E-state index contributed by atoms with van der Waals surface area (Å²) in [6.45, 7) is 3.18. The quantitative estimate of drug-likeness (QED) is 0.848. The number of hydrogen-bond donors (Lipinski definition) is 1. The lowest BCUT2D eigenvalue weighted by Crippen LogP contribution is -2.34. The van der Waals surface area contributed by atoms with Gasteiger partial charge >= 0.3 is 0 Å². The molecule has 0 unspecified atom stereocenters. The van der Waals surface area contributed by atoms with Crippen LogP contribution in [0.15, 0.2) is 30.5 Å². The molecule has 3 heteroatoms. The highest BCUT2D eigenvalue weighted by molar-refractivity contribution is 5.96. The fraction of sp³-hybridized carbons (Fsp3) is 0.500. The van der Waals surface area contributed by atoms with E-state index in [0.29, 0.717) is 0 Å². The number of fused-ring (bicyclic) bond motifs is 1. The minimum Gasteiger partial charge on any atom is -0.306 e. The Morgan fingerprint density at radius 3 is 2.95 bits per heavy atom. The first-order chi connectivity index (χ1) is 10.3. The van der Waals surface area contributed by atoms with Crippen LogP contribution >= 0.6 is 0 Å². The van der Waals surface area contributed by atoms with Gasteiger partial charge in [-0.3, -0.25) is 9.36 Å². The Morgan fingerprint density at radius 2 is 2.19 bits per heavy atom. The molecule has 1 saturated heterocycles. The van der Waals surface area contributed by atoms with Crippen molar-refractivity contribution in [2.24, 2.45) is 0 Å². The third-order valence-electron chi connectivity index (χ3n) is 4.44. The normalized spacial score (nSPS) is 18.4. The lowest BCUT2D eigenvalue weighted by atomic mass is 10.1. The van der Waals surface area contributed by atoms with Gasteiger partial charge in [0.25, 0.3) is 0 Å². The summed E-state index contributed by atoms with van der Waals surface area (Å²) in [5.41, 5.74) is 2.37. The van der Waals surface area contributed by atoms with Gasteiger partial charge in [-0.1, -0.05) is 38.0 Å². The van der Waals surface area contributed by atoms with Gasteiger partial charge in [-0.05, 0) is 43.9 Å². The van der Waals surface area contributed by atoms with E-state index >= 15 is 0 Å². The van der Waals surface area contributed by atoms with E-state index in [1.54, 1.807) is 0 Å². The summed E-state index contributed by atoms with van der Waals surface area (Å²) < 4.78 is 1.87. The van der Waals surface area contributed by atoms with E-state index in [-0.39, 0.29) is 11.9 Å². The first-order valence-electron chi connectivity index (χ1n) is 8.18. The molecule has 3 rings (SSSR count). The Morgan fingerprint density at radius 1 is 1.33 bits per heavy atom. The summed E-state index contributed by atoms with van der Waals surface area (Å²) in [4.78, 5) is 12.7. The number of unbranched alkanes of at least 4 members (excludes halogenated alkanes) is 2. The SMILES string of the molecule is CCCCCc1cn(C(=O)[C@H]2CCCN2)c2ccccc12. The van der Waals surface area contributed by atoms with Crippen LogP contribution in [0.1, 0.15) is 49.4 Å². The zero-order valence-corrected chi connectivity index (χ0v) is 12.8. The molecule has 2 aromatic rings. The molecule has 1 aliphatic rings. The highest BCUT2D eigenvalue weighted by Crippen LogP contribution is 2.24. The molecule has 1 aromatic carbocycles. The minimum absolute atomic E-state index is 0.00991. The predicted octanol–water partition coefficient (Wildman–Crippen LogP) is 3.77. The van der Waals surface area contributed by atoms with Crippen LogP contribution in [0.25, 0.3) is 10.9 Å². The van der Waals surface area contributed by atoms with Crippen molar-refractivity contribution in [3.8, 4) is 0 Å². The van der Waals surface area contributed by atoms with Crippen LogP contribution in [-0.2, 0) is 6.42 Å². The zero-order valence-electron chi connectivity index (χ0n) is 12.8. The number of aryl methyl sites for hydroxylation is 1. The summed E-state index contributed by atoms with van der Waals surface area (Å²) in [6, 6.07) is 8.27. The summed E-state index contributed by atoms with van der Waals surface area (Å²) in [5, 5.41) is 4.55. The average Bonchev–Trinajstić information content (AvgIpc) is 3.15.